The normalized spacial score (nSPS) is 11.6. The molecule has 1 heterocycles. The van der Waals surface area contributed by atoms with Crippen molar-refractivity contribution in [3.05, 3.63) is 50.6 Å². The van der Waals surface area contributed by atoms with Crippen molar-refractivity contribution in [3.8, 4) is 5.75 Å². The maximum absolute atomic E-state index is 12.2. The highest BCUT2D eigenvalue weighted by atomic mass is 79.9. The first-order valence-electron chi connectivity index (χ1n) is 6.21. The molecule has 2 aromatic rings. The molecule has 114 valence electrons. The maximum atomic E-state index is 12.2. The number of nitrogens with one attached hydrogen (secondary N) is 1. The molecule has 1 aromatic heterocycles. The SMILES string of the molecule is FC(F)(F)Oc1ccc(CNCCc2cccs2)cc1Br. The van der Waals surface area contributed by atoms with Crippen LogP contribution in [0.1, 0.15) is 10.4 Å². The minimum Gasteiger partial charge on any atom is -0.405 e. The van der Waals surface area contributed by atoms with Gasteiger partial charge in [-0.15, -0.1) is 24.5 Å². The van der Waals surface area contributed by atoms with Crippen molar-refractivity contribution in [1.82, 2.24) is 5.32 Å². The number of alkyl halides is 3. The molecule has 0 unspecified atom stereocenters. The zero-order chi connectivity index (χ0) is 15.3. The summed E-state index contributed by atoms with van der Waals surface area (Å²) < 4.78 is 40.6. The maximum Gasteiger partial charge on any atom is 0.573 e. The van der Waals surface area contributed by atoms with Crippen molar-refractivity contribution in [3.63, 3.8) is 0 Å². The van der Waals surface area contributed by atoms with Crippen LogP contribution in [0.15, 0.2) is 40.2 Å². The Hall–Kier alpha value is -1.05. The van der Waals surface area contributed by atoms with Gasteiger partial charge < -0.3 is 10.1 Å². The topological polar surface area (TPSA) is 21.3 Å². The van der Waals surface area contributed by atoms with Gasteiger partial charge in [-0.1, -0.05) is 12.1 Å². The Bertz CT molecular complexity index is 572. The van der Waals surface area contributed by atoms with Crippen molar-refractivity contribution >= 4 is 27.3 Å². The zero-order valence-corrected chi connectivity index (χ0v) is 13.3. The van der Waals surface area contributed by atoms with Gasteiger partial charge in [0.2, 0.25) is 0 Å². The monoisotopic (exact) mass is 379 g/mol. The van der Waals surface area contributed by atoms with E-state index in [1.807, 2.05) is 11.4 Å². The fourth-order valence-corrected chi connectivity index (χ4v) is 2.98. The Balaban J connectivity index is 1.82. The highest BCUT2D eigenvalue weighted by Gasteiger charge is 2.31. The van der Waals surface area contributed by atoms with Crippen molar-refractivity contribution in [2.75, 3.05) is 6.54 Å². The summed E-state index contributed by atoms with van der Waals surface area (Å²) in [7, 11) is 0. The molecule has 0 aliphatic rings. The van der Waals surface area contributed by atoms with Gasteiger partial charge in [0.05, 0.1) is 4.47 Å². The highest BCUT2D eigenvalue weighted by Crippen LogP contribution is 2.31. The van der Waals surface area contributed by atoms with E-state index in [2.05, 4.69) is 32.0 Å². The smallest absolute Gasteiger partial charge is 0.405 e. The van der Waals surface area contributed by atoms with Crippen LogP contribution in [0.2, 0.25) is 0 Å². The molecule has 1 N–H and O–H groups in total. The third kappa shape index (κ3) is 5.68. The van der Waals surface area contributed by atoms with Gasteiger partial charge in [-0.25, -0.2) is 0 Å². The van der Waals surface area contributed by atoms with Gasteiger partial charge in [-0.2, -0.15) is 0 Å². The van der Waals surface area contributed by atoms with Gasteiger partial charge in [-0.3, -0.25) is 0 Å². The van der Waals surface area contributed by atoms with Gasteiger partial charge in [-0.05, 0) is 51.5 Å². The number of halogens is 4. The van der Waals surface area contributed by atoms with Gasteiger partial charge in [0.1, 0.15) is 5.75 Å². The lowest BCUT2D eigenvalue weighted by molar-refractivity contribution is -0.274. The van der Waals surface area contributed by atoms with E-state index < -0.39 is 6.36 Å². The van der Waals surface area contributed by atoms with E-state index in [4.69, 9.17) is 0 Å². The second-order valence-corrected chi connectivity index (χ2v) is 6.21. The molecule has 0 saturated heterocycles. The quantitative estimate of drug-likeness (QED) is 0.731. The Morgan fingerprint density at radius 1 is 1.24 bits per heavy atom. The minimum absolute atomic E-state index is 0.232. The Morgan fingerprint density at radius 2 is 2.05 bits per heavy atom. The van der Waals surface area contributed by atoms with Crippen LogP contribution in [0.25, 0.3) is 0 Å². The number of ether oxygens (including phenoxy) is 1. The number of hydrogen-bond acceptors (Lipinski definition) is 3. The van der Waals surface area contributed by atoms with Crippen molar-refractivity contribution < 1.29 is 17.9 Å². The lowest BCUT2D eigenvalue weighted by atomic mass is 10.2. The van der Waals surface area contributed by atoms with Crippen LogP contribution in [0.3, 0.4) is 0 Å². The summed E-state index contributed by atoms with van der Waals surface area (Å²) >= 11 is 4.80. The van der Waals surface area contributed by atoms with E-state index in [1.54, 1.807) is 23.5 Å². The Kier molecular flexibility index (Phi) is 5.66. The molecule has 0 bridgehead atoms. The molecule has 0 amide bonds. The standard InChI is InChI=1S/C14H13BrF3NOS/c15-12-8-10(3-4-13(12)20-14(16,17)18)9-19-6-5-11-2-1-7-21-11/h1-4,7-8,19H,5-6,9H2. The first-order valence-corrected chi connectivity index (χ1v) is 7.88. The molecule has 0 atom stereocenters. The van der Waals surface area contributed by atoms with Crippen molar-refractivity contribution in [1.29, 1.82) is 0 Å². The Labute approximate surface area is 133 Å². The van der Waals surface area contributed by atoms with Crippen molar-refractivity contribution in [2.24, 2.45) is 0 Å². The van der Waals surface area contributed by atoms with E-state index in [-0.39, 0.29) is 10.2 Å². The third-order valence-corrected chi connectivity index (χ3v) is 4.24. The van der Waals surface area contributed by atoms with Crippen LogP contribution in [0.5, 0.6) is 5.75 Å². The predicted octanol–water partition coefficient (Wildman–Crippen LogP) is 4.74. The largest absolute Gasteiger partial charge is 0.573 e. The molecular weight excluding hydrogens is 367 g/mol. The van der Waals surface area contributed by atoms with E-state index in [9.17, 15) is 13.2 Å². The average molecular weight is 380 g/mol. The molecule has 21 heavy (non-hydrogen) atoms. The lowest BCUT2D eigenvalue weighted by Crippen LogP contribution is -2.18. The summed E-state index contributed by atoms with van der Waals surface area (Å²) in [4.78, 5) is 1.30. The predicted molar refractivity (Wildman–Crippen MR) is 80.6 cm³/mol. The molecule has 7 heteroatoms. The number of benzene rings is 1. The van der Waals surface area contributed by atoms with Gasteiger partial charge in [0.25, 0.3) is 0 Å². The van der Waals surface area contributed by atoms with Crippen LogP contribution < -0.4 is 10.1 Å². The molecule has 0 fully saturated rings. The van der Waals surface area contributed by atoms with Gasteiger partial charge >= 0.3 is 6.36 Å². The van der Waals surface area contributed by atoms with E-state index in [1.165, 1.54) is 10.9 Å². The zero-order valence-electron chi connectivity index (χ0n) is 10.9. The lowest BCUT2D eigenvalue weighted by Gasteiger charge is -2.12. The first kappa shape index (κ1) is 16.3. The van der Waals surface area contributed by atoms with Crippen LogP contribution in [0.4, 0.5) is 13.2 Å². The van der Waals surface area contributed by atoms with Gasteiger partial charge in [0.15, 0.2) is 0 Å². The number of hydrogen-bond donors (Lipinski definition) is 1. The van der Waals surface area contributed by atoms with Crippen LogP contribution >= 0.6 is 27.3 Å². The molecule has 0 aliphatic heterocycles. The first-order chi connectivity index (χ1) is 9.94. The molecule has 2 rings (SSSR count). The van der Waals surface area contributed by atoms with Crippen LogP contribution in [-0.4, -0.2) is 12.9 Å². The molecular formula is C14H13BrF3NOS. The summed E-state index contributed by atoms with van der Waals surface area (Å²) in [6.45, 7) is 1.41. The Morgan fingerprint density at radius 3 is 2.67 bits per heavy atom. The van der Waals surface area contributed by atoms with E-state index in [0.29, 0.717) is 6.54 Å². The summed E-state index contributed by atoms with van der Waals surface area (Å²) in [5, 5.41) is 5.29. The fourth-order valence-electron chi connectivity index (χ4n) is 1.76. The molecule has 0 spiro atoms. The number of rotatable bonds is 6. The van der Waals surface area contributed by atoms with E-state index >= 15 is 0 Å². The van der Waals surface area contributed by atoms with Crippen molar-refractivity contribution in [2.45, 2.75) is 19.3 Å². The summed E-state index contributed by atoms with van der Waals surface area (Å²) in [5.41, 5.74) is 0.891. The highest BCUT2D eigenvalue weighted by molar-refractivity contribution is 9.10. The molecule has 2 nitrogen and oxygen atoms in total. The fraction of sp³-hybridized carbons (Fsp3) is 0.286. The minimum atomic E-state index is -4.68. The van der Waals surface area contributed by atoms with E-state index in [0.717, 1.165) is 18.5 Å². The third-order valence-electron chi connectivity index (χ3n) is 2.68. The summed E-state index contributed by atoms with van der Waals surface area (Å²) in [6, 6.07) is 8.64. The molecule has 1 aromatic carbocycles. The van der Waals surface area contributed by atoms with Crippen LogP contribution in [-0.2, 0) is 13.0 Å². The molecule has 0 radical (unpaired) electrons. The second kappa shape index (κ2) is 7.29. The number of thiophene rings is 1. The average Bonchev–Trinajstić information content (AvgIpc) is 2.89. The molecule has 0 aliphatic carbocycles. The van der Waals surface area contributed by atoms with Gasteiger partial charge in [0, 0.05) is 18.0 Å². The van der Waals surface area contributed by atoms with Crippen LogP contribution in [0, 0.1) is 0 Å². The summed E-state index contributed by atoms with van der Waals surface area (Å²) in [5.74, 6) is -0.232. The second-order valence-electron chi connectivity index (χ2n) is 4.32. The molecule has 0 saturated carbocycles. The summed E-state index contributed by atoms with van der Waals surface area (Å²) in [6.07, 6.45) is -3.74.